The van der Waals surface area contributed by atoms with Crippen molar-refractivity contribution in [3.8, 4) is 11.8 Å². The highest BCUT2D eigenvalue weighted by Crippen LogP contribution is 2.31. The molecule has 0 atom stereocenters. The van der Waals surface area contributed by atoms with E-state index in [1.165, 1.54) is 6.92 Å². The number of phenolic OH excluding ortho intramolecular Hbond substituents is 1. The average molecular weight is 200 g/mol. The topological polar surface area (TPSA) is 44.0 Å². The lowest BCUT2D eigenvalue weighted by atomic mass is 10.0. The van der Waals surface area contributed by atoms with Crippen molar-refractivity contribution >= 4 is 11.6 Å². The molecule has 0 aromatic heterocycles. The minimum atomic E-state index is -0.506. The van der Waals surface area contributed by atoms with E-state index < -0.39 is 5.82 Å². The van der Waals surface area contributed by atoms with Crippen molar-refractivity contribution in [1.29, 1.82) is 5.26 Å². The summed E-state index contributed by atoms with van der Waals surface area (Å²) in [4.78, 5) is 0. The van der Waals surface area contributed by atoms with Gasteiger partial charge in [0.2, 0.25) is 0 Å². The molecule has 0 saturated carbocycles. The molecule has 0 heterocycles. The number of nitriles is 1. The Morgan fingerprint density at radius 3 is 2.85 bits per heavy atom. The molecule has 0 aliphatic carbocycles. The van der Waals surface area contributed by atoms with Gasteiger partial charge in [-0.25, -0.2) is 4.39 Å². The lowest BCUT2D eigenvalue weighted by molar-refractivity contribution is 0.466. The number of nitrogens with zero attached hydrogens (tertiary/aromatic N) is 1. The predicted octanol–water partition coefficient (Wildman–Crippen LogP) is 2.56. The van der Waals surface area contributed by atoms with Crippen molar-refractivity contribution in [3.05, 3.63) is 28.0 Å². The van der Waals surface area contributed by atoms with Gasteiger partial charge in [-0.05, 0) is 18.6 Å². The lowest BCUT2D eigenvalue weighted by Gasteiger charge is -2.07. The summed E-state index contributed by atoms with van der Waals surface area (Å²) in [6.45, 7) is 1.50. The molecule has 0 aliphatic heterocycles. The minimum Gasteiger partial charge on any atom is -0.506 e. The fourth-order valence-electron chi connectivity index (χ4n) is 1.05. The first-order valence-electron chi connectivity index (χ1n) is 3.61. The Kier molecular flexibility index (Phi) is 2.74. The van der Waals surface area contributed by atoms with Gasteiger partial charge in [0.15, 0.2) is 0 Å². The maximum atomic E-state index is 13.0. The summed E-state index contributed by atoms with van der Waals surface area (Å²) in [7, 11) is 0. The van der Waals surface area contributed by atoms with E-state index in [1.54, 1.807) is 0 Å². The summed E-state index contributed by atoms with van der Waals surface area (Å²) >= 11 is 5.53. The summed E-state index contributed by atoms with van der Waals surface area (Å²) < 4.78 is 13.0. The second kappa shape index (κ2) is 3.63. The number of rotatable bonds is 1. The van der Waals surface area contributed by atoms with Gasteiger partial charge in [-0.2, -0.15) is 5.26 Å². The molecule has 0 spiro atoms. The van der Waals surface area contributed by atoms with E-state index in [-0.39, 0.29) is 28.3 Å². The summed E-state index contributed by atoms with van der Waals surface area (Å²) in [5.74, 6) is -0.713. The van der Waals surface area contributed by atoms with Gasteiger partial charge in [-0.3, -0.25) is 0 Å². The molecule has 0 saturated heterocycles. The van der Waals surface area contributed by atoms with Crippen LogP contribution in [0.5, 0.6) is 5.75 Å². The van der Waals surface area contributed by atoms with Crippen LogP contribution in [-0.4, -0.2) is 5.11 Å². The molecule has 0 unspecified atom stereocenters. The Morgan fingerprint density at radius 2 is 2.31 bits per heavy atom. The summed E-state index contributed by atoms with van der Waals surface area (Å²) in [5.41, 5.74) is 0.524. The molecule has 0 amide bonds. The van der Waals surface area contributed by atoms with Crippen molar-refractivity contribution in [2.24, 2.45) is 0 Å². The Hall–Kier alpha value is -1.27. The molecule has 4 heteroatoms. The Bertz CT molecular complexity index is 358. The second-order valence-electron chi connectivity index (χ2n) is 2.63. The van der Waals surface area contributed by atoms with E-state index in [9.17, 15) is 9.50 Å². The highest BCUT2D eigenvalue weighted by Gasteiger charge is 2.13. The van der Waals surface area contributed by atoms with E-state index >= 15 is 0 Å². The maximum Gasteiger partial charge on any atom is 0.138 e. The highest BCUT2D eigenvalue weighted by atomic mass is 35.5. The van der Waals surface area contributed by atoms with Gasteiger partial charge in [-0.1, -0.05) is 11.6 Å². The molecule has 68 valence electrons. The molecule has 1 aromatic rings. The third-order valence-electron chi connectivity index (χ3n) is 1.83. The quantitative estimate of drug-likeness (QED) is 0.756. The van der Waals surface area contributed by atoms with Crippen molar-refractivity contribution in [2.45, 2.75) is 13.3 Å². The van der Waals surface area contributed by atoms with E-state index in [1.807, 2.05) is 6.07 Å². The van der Waals surface area contributed by atoms with Gasteiger partial charge in [0.05, 0.1) is 17.5 Å². The molecular formula is C9H7ClFNO. The first kappa shape index (κ1) is 9.82. The van der Waals surface area contributed by atoms with Crippen LogP contribution >= 0.6 is 11.6 Å². The van der Waals surface area contributed by atoms with Crippen LogP contribution in [0, 0.1) is 24.1 Å². The maximum absolute atomic E-state index is 13.0. The fourth-order valence-corrected chi connectivity index (χ4v) is 1.26. The van der Waals surface area contributed by atoms with Gasteiger partial charge >= 0.3 is 0 Å². The van der Waals surface area contributed by atoms with Crippen molar-refractivity contribution in [2.75, 3.05) is 0 Å². The zero-order chi connectivity index (χ0) is 10.0. The molecule has 1 rings (SSSR count). The fraction of sp³-hybridized carbons (Fsp3) is 0.222. The van der Waals surface area contributed by atoms with Crippen LogP contribution in [0.4, 0.5) is 4.39 Å². The first-order chi connectivity index (χ1) is 6.07. The normalized spacial score (nSPS) is 9.69. The SMILES string of the molecule is Cc1c(F)cc(Cl)c(O)c1CC#N. The summed E-state index contributed by atoms with van der Waals surface area (Å²) in [6, 6.07) is 2.87. The molecular weight excluding hydrogens is 193 g/mol. The van der Waals surface area contributed by atoms with E-state index in [0.29, 0.717) is 0 Å². The van der Waals surface area contributed by atoms with E-state index in [4.69, 9.17) is 16.9 Å². The van der Waals surface area contributed by atoms with Crippen LogP contribution in [0.1, 0.15) is 11.1 Å². The summed E-state index contributed by atoms with van der Waals surface area (Å²) in [6.07, 6.45) is -0.0465. The van der Waals surface area contributed by atoms with E-state index in [0.717, 1.165) is 6.07 Å². The van der Waals surface area contributed by atoms with Gasteiger partial charge in [0, 0.05) is 5.56 Å². The molecule has 1 aromatic carbocycles. The Labute approximate surface area is 80.2 Å². The molecule has 0 aliphatic rings. The van der Waals surface area contributed by atoms with Gasteiger partial charge in [0.25, 0.3) is 0 Å². The van der Waals surface area contributed by atoms with Gasteiger partial charge < -0.3 is 5.11 Å². The molecule has 0 bridgehead atoms. The Morgan fingerprint density at radius 1 is 1.69 bits per heavy atom. The zero-order valence-corrected chi connectivity index (χ0v) is 7.69. The van der Waals surface area contributed by atoms with Crippen LogP contribution in [0.25, 0.3) is 0 Å². The zero-order valence-electron chi connectivity index (χ0n) is 6.93. The third-order valence-corrected chi connectivity index (χ3v) is 2.12. The molecule has 0 fully saturated rings. The smallest absolute Gasteiger partial charge is 0.138 e. The van der Waals surface area contributed by atoms with Crippen LogP contribution in [0.3, 0.4) is 0 Å². The summed E-state index contributed by atoms with van der Waals surface area (Å²) in [5, 5.41) is 17.7. The van der Waals surface area contributed by atoms with Crippen LogP contribution < -0.4 is 0 Å². The largest absolute Gasteiger partial charge is 0.506 e. The molecule has 0 radical (unpaired) electrons. The number of hydrogen-bond donors (Lipinski definition) is 1. The minimum absolute atomic E-state index is 0.0465. The second-order valence-corrected chi connectivity index (χ2v) is 3.03. The number of aromatic hydroxyl groups is 1. The Balaban J connectivity index is 3.39. The van der Waals surface area contributed by atoms with Gasteiger partial charge in [-0.15, -0.1) is 0 Å². The van der Waals surface area contributed by atoms with Crippen molar-refractivity contribution in [3.63, 3.8) is 0 Å². The van der Waals surface area contributed by atoms with E-state index in [2.05, 4.69) is 0 Å². The highest BCUT2D eigenvalue weighted by molar-refractivity contribution is 6.32. The molecule has 1 N–H and O–H groups in total. The monoisotopic (exact) mass is 199 g/mol. The van der Waals surface area contributed by atoms with Crippen molar-refractivity contribution in [1.82, 2.24) is 0 Å². The third kappa shape index (κ3) is 1.73. The average Bonchev–Trinajstić information content (AvgIpc) is 2.09. The lowest BCUT2D eigenvalue weighted by Crippen LogP contribution is -1.93. The number of phenols is 1. The number of benzene rings is 1. The first-order valence-corrected chi connectivity index (χ1v) is 3.99. The molecule has 13 heavy (non-hydrogen) atoms. The van der Waals surface area contributed by atoms with Crippen LogP contribution in [-0.2, 0) is 6.42 Å². The van der Waals surface area contributed by atoms with Crippen LogP contribution in [0.15, 0.2) is 6.07 Å². The molecule has 2 nitrogen and oxygen atoms in total. The number of halogens is 2. The van der Waals surface area contributed by atoms with Crippen molar-refractivity contribution < 1.29 is 9.50 Å². The van der Waals surface area contributed by atoms with Gasteiger partial charge in [0.1, 0.15) is 11.6 Å². The standard InChI is InChI=1S/C9H7ClFNO/c1-5-6(2-3-12)9(13)7(10)4-8(5)11/h4,13H,2H2,1H3. The predicted molar refractivity (Wildman–Crippen MR) is 47.1 cm³/mol. The number of hydrogen-bond acceptors (Lipinski definition) is 2. The van der Waals surface area contributed by atoms with Crippen LogP contribution in [0.2, 0.25) is 5.02 Å².